The number of ether oxygens (including phenoxy) is 3. The smallest absolute Gasteiger partial charge is 0.201 e. The number of fused-ring (bicyclic) bond motifs is 6. The van der Waals surface area contributed by atoms with Gasteiger partial charge >= 0.3 is 0 Å². The SMILES string of the molecule is CC1CCC(C2CCC(Cc3cc4c(c(F)c3F)C(C)C(C)C=C4)CC2)CC1.CC1CCC(C2CCC(Cc3cc4c(c(F)c3F)OC(C)C=C4)CC2)CC1.CC1CCC(Cc2cc3c(c(F)c2F)OC(C)C=C3)CC1.CC1CCC(Cc2cc3c(c(F)c2F)OC(C)C=C3)CC1.Cc1ccc(Cc2cc3ccc(C)c(C)c3c(F)c2F)cc1.Cc1ccc2cc(CC3CCC(C)CC3)c(F)c(F)c2c1C. The molecule has 15 heteroatoms. The number of halogens is 12. The van der Waals surface area contributed by atoms with E-state index in [-0.39, 0.29) is 47.4 Å². The summed E-state index contributed by atoms with van der Waals surface area (Å²) in [6.07, 6.45) is 53.1. The molecule has 0 N–H and O–H groups in total. The van der Waals surface area contributed by atoms with E-state index in [9.17, 15) is 52.7 Å². The Kier molecular flexibility index (Phi) is 36.1. The molecule has 0 aromatic heterocycles. The van der Waals surface area contributed by atoms with Gasteiger partial charge in [-0.2, -0.15) is 13.2 Å². The highest BCUT2D eigenvalue weighted by Gasteiger charge is 2.37. The zero-order valence-electron chi connectivity index (χ0n) is 86.5. The van der Waals surface area contributed by atoms with Crippen LogP contribution in [0.2, 0.25) is 0 Å². The topological polar surface area (TPSA) is 27.7 Å². The second-order valence-corrected chi connectivity index (χ2v) is 45.7. The largest absolute Gasteiger partial charge is 0.483 e. The van der Waals surface area contributed by atoms with Gasteiger partial charge in [0.05, 0.1) is 0 Å². The van der Waals surface area contributed by atoms with Gasteiger partial charge in [0.1, 0.15) is 18.3 Å². The third kappa shape index (κ3) is 26.1. The van der Waals surface area contributed by atoms with Crippen molar-refractivity contribution in [1.82, 2.24) is 0 Å². The Bertz CT molecular complexity index is 5820. The summed E-state index contributed by atoms with van der Waals surface area (Å²) in [4.78, 5) is 0. The Balaban J connectivity index is 0.000000128. The minimum absolute atomic E-state index is 0.0391. The standard InChI is InChI=1S/C26H36F2.C24H32F2O.C20H24F2.C20H18F2.2C18H22F2O/c1-16-4-9-20(10-5-16)21-12-7-19(8-13-21)14-23-15-22-11-6-17(2)18(3)24(22)26(28)25(23)27;1-15-3-8-18(9-4-15)19-11-6-17(7-12-19)13-21-14-20-10-5-16(2)27-24(20)23(26)22(21)25;2*1-12-4-7-15(8-5-12)10-17-11-16-9-6-13(2)14(3)18(16)20(22)19(17)21;2*1-11-3-6-13(7-4-11)9-15-10-14-8-5-12(2)21-18(14)17(20)16(15)19/h6,11,15-21H,4-5,7-10,12-14H2,1-3H3;5,10,14-19H,3-4,6-9,11-13H2,1-2H3;6,9,11-12,15H,4-5,7-8,10H2,1-3H3;4-9,11H,10H2,1-3H3;2*5,8,10-13H,3-4,6-7,9H2,1-2H3. The Morgan fingerprint density at radius 2 is 0.518 bits per heavy atom. The molecule has 0 radical (unpaired) electrons. The van der Waals surface area contributed by atoms with Crippen LogP contribution in [-0.2, 0) is 38.5 Å². The number of aryl methyl sites for hydroxylation is 5. The van der Waals surface area contributed by atoms with Gasteiger partial charge in [0.25, 0.3) is 0 Å². The molecule has 3 heterocycles. The third-order valence-corrected chi connectivity index (χ3v) is 34.8. The number of hydrogen-bond acceptors (Lipinski definition) is 3. The first-order valence-electron chi connectivity index (χ1n) is 54.0. The van der Waals surface area contributed by atoms with Crippen LogP contribution in [0.3, 0.4) is 0 Å². The normalized spacial score (nSPS) is 27.0. The maximum atomic E-state index is 14.9. The van der Waals surface area contributed by atoms with E-state index in [2.05, 4.69) is 47.6 Å². The lowest BCUT2D eigenvalue weighted by Crippen LogP contribution is -2.26. The molecule has 20 rings (SSSR count). The lowest BCUT2D eigenvalue weighted by Gasteiger charge is -2.37. The molecule has 0 saturated heterocycles. The lowest BCUT2D eigenvalue weighted by atomic mass is 9.68. The Hall–Kier alpha value is -8.98. The lowest BCUT2D eigenvalue weighted by molar-refractivity contribution is 0.150. The Morgan fingerprint density at radius 3 is 0.851 bits per heavy atom. The fourth-order valence-corrected chi connectivity index (χ4v) is 24.9. The highest BCUT2D eigenvalue weighted by Crippen LogP contribution is 2.49. The summed E-state index contributed by atoms with van der Waals surface area (Å²) < 4.78 is 190. The molecule has 7 saturated carbocycles. The second kappa shape index (κ2) is 47.9. The Morgan fingerprint density at radius 1 is 0.255 bits per heavy atom. The third-order valence-electron chi connectivity index (χ3n) is 34.8. The van der Waals surface area contributed by atoms with Crippen LogP contribution in [0, 0.1) is 193 Å². The van der Waals surface area contributed by atoms with Gasteiger partial charge in [-0.25, -0.2) is 39.5 Å². The molecule has 0 bridgehead atoms. The van der Waals surface area contributed by atoms with E-state index in [0.29, 0.717) is 135 Å². The van der Waals surface area contributed by atoms with Gasteiger partial charge in [-0.3, -0.25) is 0 Å². The maximum absolute atomic E-state index is 14.9. The van der Waals surface area contributed by atoms with E-state index in [1.54, 1.807) is 24.3 Å². The van der Waals surface area contributed by atoms with Gasteiger partial charge in [-0.05, 0) is 430 Å². The molecule has 3 nitrogen and oxygen atoms in total. The first-order chi connectivity index (χ1) is 67.5. The van der Waals surface area contributed by atoms with Crippen molar-refractivity contribution in [3.63, 3.8) is 0 Å². The van der Waals surface area contributed by atoms with Gasteiger partial charge in [-0.15, -0.1) is 0 Å². The average Bonchev–Trinajstić information content (AvgIpc) is 0.795. The van der Waals surface area contributed by atoms with Crippen LogP contribution in [0.25, 0.3) is 45.8 Å². The van der Waals surface area contributed by atoms with Gasteiger partial charge in [-0.1, -0.05) is 197 Å². The molecule has 9 aromatic rings. The molecule has 0 amide bonds. The minimum Gasteiger partial charge on any atom is -0.483 e. The van der Waals surface area contributed by atoms with Crippen molar-refractivity contribution >= 4 is 45.8 Å². The molecule has 5 unspecified atom stereocenters. The van der Waals surface area contributed by atoms with Crippen LogP contribution < -0.4 is 14.2 Å². The first-order valence-corrected chi connectivity index (χ1v) is 54.0. The maximum Gasteiger partial charge on any atom is 0.201 e. The number of benzene rings is 9. The summed E-state index contributed by atoms with van der Waals surface area (Å²) in [7, 11) is 0. The summed E-state index contributed by atoms with van der Waals surface area (Å²) in [5, 5.41) is 2.41. The quantitative estimate of drug-likeness (QED) is 0.102. The fourth-order valence-electron chi connectivity index (χ4n) is 24.9. The highest BCUT2D eigenvalue weighted by atomic mass is 19.2. The van der Waals surface area contributed by atoms with Crippen molar-refractivity contribution in [3.05, 3.63) is 274 Å². The average molecular weight is 1940 g/mol. The molecule has 3 aliphatic heterocycles. The Labute approximate surface area is 833 Å². The van der Waals surface area contributed by atoms with Gasteiger partial charge < -0.3 is 14.2 Å². The zero-order valence-corrected chi connectivity index (χ0v) is 86.5. The molecule has 5 atom stereocenters. The summed E-state index contributed by atoms with van der Waals surface area (Å²) in [6, 6.07) is 26.5. The second-order valence-electron chi connectivity index (χ2n) is 45.7. The van der Waals surface area contributed by atoms with Crippen molar-refractivity contribution in [2.75, 3.05) is 0 Å². The predicted molar refractivity (Wildman–Crippen MR) is 555 cm³/mol. The van der Waals surface area contributed by atoms with Crippen molar-refractivity contribution < 1.29 is 66.9 Å². The highest BCUT2D eigenvalue weighted by molar-refractivity contribution is 5.89. The number of hydrogen-bond donors (Lipinski definition) is 0. The molecular weight excluding hydrogens is 1790 g/mol. The van der Waals surface area contributed by atoms with E-state index in [1.165, 1.54) is 128 Å². The molecule has 9 aromatic carbocycles. The summed E-state index contributed by atoms with van der Waals surface area (Å²) in [5.74, 6) is 1.99. The summed E-state index contributed by atoms with van der Waals surface area (Å²) in [6.45, 7) is 30.6. The molecule has 8 aliphatic carbocycles. The summed E-state index contributed by atoms with van der Waals surface area (Å²) >= 11 is 0. The van der Waals surface area contributed by atoms with Crippen molar-refractivity contribution in [2.45, 2.75) is 346 Å². The molecule has 7 fully saturated rings. The monoisotopic (exact) mass is 1940 g/mol. The van der Waals surface area contributed by atoms with E-state index >= 15 is 0 Å². The van der Waals surface area contributed by atoms with Gasteiger partial charge in [0.2, 0.25) is 17.5 Å². The zero-order chi connectivity index (χ0) is 100. The van der Waals surface area contributed by atoms with Crippen molar-refractivity contribution in [2.24, 2.45) is 88.8 Å². The summed E-state index contributed by atoms with van der Waals surface area (Å²) in [5.41, 5.74) is 12.3. The minimum atomic E-state index is -0.831. The van der Waals surface area contributed by atoms with Crippen LogP contribution in [0.4, 0.5) is 52.7 Å². The predicted octanol–water partition coefficient (Wildman–Crippen LogP) is 36.8. The van der Waals surface area contributed by atoms with Crippen LogP contribution in [0.15, 0.2) is 109 Å². The van der Waals surface area contributed by atoms with E-state index < -0.39 is 69.8 Å². The number of allylic oxidation sites excluding steroid dienone is 1. The molecular formula is C126H154F12O3. The van der Waals surface area contributed by atoms with Crippen molar-refractivity contribution in [1.29, 1.82) is 0 Å². The van der Waals surface area contributed by atoms with Crippen LogP contribution in [0.1, 0.15) is 350 Å². The van der Waals surface area contributed by atoms with Crippen LogP contribution in [-0.4, -0.2) is 18.3 Å². The van der Waals surface area contributed by atoms with Crippen LogP contribution >= 0.6 is 0 Å². The fraction of sp³-hybridized carbons (Fsp3) is 0.540. The number of rotatable bonds is 14. The van der Waals surface area contributed by atoms with E-state index in [0.717, 1.165) is 154 Å². The van der Waals surface area contributed by atoms with Gasteiger partial charge in [0.15, 0.2) is 69.6 Å². The van der Waals surface area contributed by atoms with Crippen molar-refractivity contribution in [3.8, 4) is 17.2 Å². The van der Waals surface area contributed by atoms with Gasteiger partial charge in [0, 0.05) is 39.4 Å². The van der Waals surface area contributed by atoms with E-state index in [4.69, 9.17) is 14.2 Å². The first kappa shape index (κ1) is 106. The molecule has 11 aliphatic rings. The van der Waals surface area contributed by atoms with Crippen LogP contribution in [0.5, 0.6) is 17.2 Å². The van der Waals surface area contributed by atoms with E-state index in [1.807, 2.05) is 166 Å². The molecule has 760 valence electrons. The molecule has 0 spiro atoms. The molecule has 141 heavy (non-hydrogen) atoms.